The molecule has 1 unspecified atom stereocenters. The number of aromatic nitrogens is 3. The first-order valence-electron chi connectivity index (χ1n) is 10.3. The van der Waals surface area contributed by atoms with Crippen molar-refractivity contribution >= 4 is 22.8 Å². The van der Waals surface area contributed by atoms with Crippen LogP contribution in [-0.4, -0.2) is 45.7 Å². The fourth-order valence-corrected chi connectivity index (χ4v) is 4.73. The fraction of sp³-hybridized carbons (Fsp3) is 0.409. The molecule has 7 nitrogen and oxygen atoms in total. The van der Waals surface area contributed by atoms with Crippen molar-refractivity contribution in [3.63, 3.8) is 0 Å². The van der Waals surface area contributed by atoms with Crippen molar-refractivity contribution in [1.82, 2.24) is 20.3 Å². The number of aliphatic hydroxyl groups excluding tert-OH is 1. The third kappa shape index (κ3) is 3.31. The smallest absolute Gasteiger partial charge is 0.224 e. The summed E-state index contributed by atoms with van der Waals surface area (Å²) in [5, 5.41) is 13.8. The predicted molar refractivity (Wildman–Crippen MR) is 110 cm³/mol. The summed E-state index contributed by atoms with van der Waals surface area (Å²) in [4.78, 5) is 27.3. The topological polar surface area (TPSA) is 94.1 Å². The standard InChI is InChI=1S/C22H24FN5O2/c23-15-3-1-14(2-4-15)18(11-29)27-21(30)17-6-10-28(12-22(17)7-8-22)20-16-5-9-24-19(16)25-13-26-20/h1-5,9,13,17-18,29H,6-8,10-12H2,(H,27,30)(H,24,25,26)/t17-,18?/m1/s1. The zero-order chi connectivity index (χ0) is 20.7. The summed E-state index contributed by atoms with van der Waals surface area (Å²) in [6.07, 6.45) is 6.16. The number of fused-ring (bicyclic) bond motifs is 1. The van der Waals surface area contributed by atoms with Crippen LogP contribution < -0.4 is 10.2 Å². The molecule has 1 aliphatic heterocycles. The van der Waals surface area contributed by atoms with Gasteiger partial charge in [0.2, 0.25) is 5.91 Å². The first-order chi connectivity index (χ1) is 14.6. The van der Waals surface area contributed by atoms with Gasteiger partial charge in [-0.15, -0.1) is 0 Å². The lowest BCUT2D eigenvalue weighted by molar-refractivity contribution is -0.129. The van der Waals surface area contributed by atoms with E-state index in [1.54, 1.807) is 18.5 Å². The molecule has 2 atom stereocenters. The van der Waals surface area contributed by atoms with E-state index in [-0.39, 0.29) is 29.7 Å². The van der Waals surface area contributed by atoms with Gasteiger partial charge in [-0.25, -0.2) is 14.4 Å². The Hall–Kier alpha value is -3.00. The van der Waals surface area contributed by atoms with Crippen LogP contribution in [0.25, 0.3) is 11.0 Å². The highest BCUT2D eigenvalue weighted by atomic mass is 19.1. The van der Waals surface area contributed by atoms with Gasteiger partial charge in [0.05, 0.1) is 18.0 Å². The van der Waals surface area contributed by atoms with Crippen LogP contribution in [-0.2, 0) is 4.79 Å². The van der Waals surface area contributed by atoms with Gasteiger partial charge in [-0.05, 0) is 48.4 Å². The summed E-state index contributed by atoms with van der Waals surface area (Å²) in [5.74, 6) is 0.426. The first-order valence-corrected chi connectivity index (χ1v) is 10.3. The molecule has 30 heavy (non-hydrogen) atoms. The Labute approximate surface area is 173 Å². The van der Waals surface area contributed by atoms with Crippen LogP contribution >= 0.6 is 0 Å². The number of H-pyrrole nitrogens is 1. The van der Waals surface area contributed by atoms with Crippen molar-refractivity contribution in [2.75, 3.05) is 24.6 Å². The van der Waals surface area contributed by atoms with Crippen molar-refractivity contribution < 1.29 is 14.3 Å². The van der Waals surface area contributed by atoms with Crippen LogP contribution in [0.2, 0.25) is 0 Å². The highest BCUT2D eigenvalue weighted by Crippen LogP contribution is 2.56. The second kappa shape index (κ2) is 7.36. The number of piperidine rings is 1. The Morgan fingerprint density at radius 1 is 1.30 bits per heavy atom. The maximum absolute atomic E-state index is 13.2. The molecule has 156 valence electrons. The van der Waals surface area contributed by atoms with Crippen molar-refractivity contribution in [3.05, 3.63) is 54.2 Å². The number of hydrogen-bond acceptors (Lipinski definition) is 5. The van der Waals surface area contributed by atoms with E-state index >= 15 is 0 Å². The number of halogens is 1. The Balaban J connectivity index is 1.31. The summed E-state index contributed by atoms with van der Waals surface area (Å²) >= 11 is 0. The minimum absolute atomic E-state index is 0.0370. The van der Waals surface area contributed by atoms with E-state index in [1.165, 1.54) is 12.1 Å². The molecule has 5 rings (SSSR count). The van der Waals surface area contributed by atoms with Crippen LogP contribution in [0.4, 0.5) is 10.2 Å². The molecule has 0 radical (unpaired) electrons. The number of benzene rings is 1. The Morgan fingerprint density at radius 3 is 2.83 bits per heavy atom. The lowest BCUT2D eigenvalue weighted by Crippen LogP contribution is -2.49. The number of nitrogens with zero attached hydrogens (tertiary/aromatic N) is 3. The molecular weight excluding hydrogens is 385 g/mol. The molecule has 1 aromatic carbocycles. The first kappa shape index (κ1) is 19.0. The third-order valence-corrected chi connectivity index (χ3v) is 6.55. The van der Waals surface area contributed by atoms with Gasteiger partial charge in [-0.2, -0.15) is 0 Å². The van der Waals surface area contributed by atoms with E-state index in [2.05, 4.69) is 25.2 Å². The number of anilines is 1. The Bertz CT molecular complexity index is 1060. The highest BCUT2D eigenvalue weighted by Gasteiger charge is 2.55. The second-order valence-electron chi connectivity index (χ2n) is 8.36. The van der Waals surface area contributed by atoms with Crippen molar-refractivity contribution in [2.45, 2.75) is 25.3 Å². The van der Waals surface area contributed by atoms with E-state index in [1.807, 2.05) is 12.3 Å². The lowest BCUT2D eigenvalue weighted by atomic mass is 9.81. The fourth-order valence-electron chi connectivity index (χ4n) is 4.73. The quantitative estimate of drug-likeness (QED) is 0.602. The lowest BCUT2D eigenvalue weighted by Gasteiger charge is -2.39. The van der Waals surface area contributed by atoms with E-state index in [9.17, 15) is 14.3 Å². The number of aromatic amines is 1. The SMILES string of the molecule is O=C(NC(CO)c1ccc(F)cc1)[C@H]1CCN(c2ncnc3[nH]ccc23)CC12CC2. The third-order valence-electron chi connectivity index (χ3n) is 6.55. The van der Waals surface area contributed by atoms with Gasteiger partial charge < -0.3 is 20.3 Å². The predicted octanol–water partition coefficient (Wildman–Crippen LogP) is 2.55. The van der Waals surface area contributed by atoms with Gasteiger partial charge in [-0.3, -0.25) is 4.79 Å². The van der Waals surface area contributed by atoms with Crippen molar-refractivity contribution in [2.24, 2.45) is 11.3 Å². The zero-order valence-electron chi connectivity index (χ0n) is 16.5. The maximum Gasteiger partial charge on any atom is 0.224 e. The van der Waals surface area contributed by atoms with Gasteiger partial charge >= 0.3 is 0 Å². The number of amides is 1. The molecule has 1 amide bonds. The molecule has 3 heterocycles. The van der Waals surface area contributed by atoms with Gasteiger partial charge in [-0.1, -0.05) is 12.1 Å². The maximum atomic E-state index is 13.2. The van der Waals surface area contributed by atoms with Gasteiger partial charge in [0.15, 0.2) is 0 Å². The van der Waals surface area contributed by atoms with Gasteiger partial charge in [0.25, 0.3) is 0 Å². The summed E-state index contributed by atoms with van der Waals surface area (Å²) in [7, 11) is 0. The molecule has 1 saturated heterocycles. The number of aliphatic hydroxyl groups is 1. The van der Waals surface area contributed by atoms with Crippen molar-refractivity contribution in [1.29, 1.82) is 0 Å². The molecule has 0 bridgehead atoms. The Morgan fingerprint density at radius 2 is 2.10 bits per heavy atom. The van der Waals surface area contributed by atoms with E-state index in [4.69, 9.17) is 0 Å². The van der Waals surface area contributed by atoms with Crippen LogP contribution in [0.3, 0.4) is 0 Å². The van der Waals surface area contributed by atoms with E-state index in [0.717, 1.165) is 49.2 Å². The molecule has 1 saturated carbocycles. The highest BCUT2D eigenvalue weighted by molar-refractivity contribution is 5.88. The molecule has 1 spiro atoms. The van der Waals surface area contributed by atoms with Crippen LogP contribution in [0.5, 0.6) is 0 Å². The molecule has 1 aliphatic carbocycles. The second-order valence-corrected chi connectivity index (χ2v) is 8.36. The number of rotatable bonds is 5. The monoisotopic (exact) mass is 409 g/mol. The number of carbonyl (C=O) groups excluding carboxylic acids is 1. The van der Waals surface area contributed by atoms with E-state index in [0.29, 0.717) is 5.56 Å². The molecule has 2 aliphatic rings. The minimum Gasteiger partial charge on any atom is -0.394 e. The normalized spacial score (nSPS) is 21.0. The molecule has 2 fully saturated rings. The molecular formula is C22H24FN5O2. The molecule has 8 heteroatoms. The average molecular weight is 409 g/mol. The summed E-state index contributed by atoms with van der Waals surface area (Å²) in [6, 6.07) is 7.33. The Kier molecular flexibility index (Phi) is 4.66. The summed E-state index contributed by atoms with van der Waals surface area (Å²) in [6.45, 7) is 1.29. The summed E-state index contributed by atoms with van der Waals surface area (Å²) < 4.78 is 13.2. The van der Waals surface area contributed by atoms with Crippen LogP contribution in [0.15, 0.2) is 42.9 Å². The molecule has 2 aromatic heterocycles. The summed E-state index contributed by atoms with van der Waals surface area (Å²) in [5.41, 5.74) is 1.46. The van der Waals surface area contributed by atoms with E-state index < -0.39 is 6.04 Å². The number of carbonyl (C=O) groups is 1. The molecule has 3 N–H and O–H groups in total. The largest absolute Gasteiger partial charge is 0.394 e. The average Bonchev–Trinajstić information content (AvgIpc) is 3.34. The minimum atomic E-state index is -0.534. The van der Waals surface area contributed by atoms with Crippen molar-refractivity contribution in [3.8, 4) is 0 Å². The van der Waals surface area contributed by atoms with Crippen LogP contribution in [0.1, 0.15) is 30.9 Å². The van der Waals surface area contributed by atoms with Crippen LogP contribution in [0, 0.1) is 17.2 Å². The van der Waals surface area contributed by atoms with Gasteiger partial charge in [0.1, 0.15) is 23.6 Å². The zero-order valence-corrected chi connectivity index (χ0v) is 16.5. The number of hydrogen-bond donors (Lipinski definition) is 3. The van der Waals surface area contributed by atoms with Gasteiger partial charge in [0, 0.05) is 25.2 Å². The molecule has 3 aromatic rings. The number of nitrogens with one attached hydrogen (secondary N) is 2.